The van der Waals surface area contributed by atoms with E-state index in [4.69, 9.17) is 14.5 Å². The van der Waals surface area contributed by atoms with Crippen molar-refractivity contribution in [1.29, 1.82) is 0 Å². The Morgan fingerprint density at radius 3 is 2.74 bits per heavy atom. The highest BCUT2D eigenvalue weighted by molar-refractivity contribution is 5.95. The second kappa shape index (κ2) is 8.79. The van der Waals surface area contributed by atoms with Crippen molar-refractivity contribution in [2.24, 2.45) is 5.92 Å². The first-order chi connectivity index (χ1) is 15.2. The molecule has 1 aromatic carbocycles. The van der Waals surface area contributed by atoms with Gasteiger partial charge in [0.1, 0.15) is 5.82 Å². The van der Waals surface area contributed by atoms with Gasteiger partial charge in [0, 0.05) is 44.2 Å². The molecule has 0 bridgehead atoms. The van der Waals surface area contributed by atoms with E-state index in [0.29, 0.717) is 0 Å². The van der Waals surface area contributed by atoms with Crippen LogP contribution >= 0.6 is 0 Å². The number of morpholine rings is 1. The number of ether oxygens (including phenoxy) is 2. The number of benzene rings is 1. The average Bonchev–Trinajstić information content (AvgIpc) is 3.56. The molecule has 2 aromatic rings. The first-order valence-corrected chi connectivity index (χ1v) is 11.8. The van der Waals surface area contributed by atoms with Gasteiger partial charge in [0.2, 0.25) is 0 Å². The maximum atomic E-state index is 12.5. The van der Waals surface area contributed by atoms with E-state index in [1.807, 2.05) is 0 Å². The number of anilines is 1. The Morgan fingerprint density at radius 1 is 1.19 bits per heavy atom. The molecule has 3 heterocycles. The van der Waals surface area contributed by atoms with E-state index in [1.165, 1.54) is 43.3 Å². The summed E-state index contributed by atoms with van der Waals surface area (Å²) < 4.78 is 13.0. The molecule has 1 atom stereocenters. The van der Waals surface area contributed by atoms with E-state index >= 15 is 0 Å². The number of nitrogens with zero attached hydrogens (tertiary/aromatic N) is 4. The minimum Gasteiger partial charge on any atom is -0.452 e. The van der Waals surface area contributed by atoms with Crippen molar-refractivity contribution in [3.05, 3.63) is 23.5 Å². The number of hydrogen-bond acceptors (Lipinski definition) is 5. The van der Waals surface area contributed by atoms with Gasteiger partial charge in [-0.2, -0.15) is 0 Å². The van der Waals surface area contributed by atoms with Gasteiger partial charge in [0.25, 0.3) is 0 Å². The van der Waals surface area contributed by atoms with Gasteiger partial charge in [-0.1, -0.05) is 12.8 Å². The Kier molecular flexibility index (Phi) is 5.89. The zero-order chi connectivity index (χ0) is 21.4. The highest BCUT2D eigenvalue weighted by Crippen LogP contribution is 2.38. The fourth-order valence-corrected chi connectivity index (χ4v) is 5.10. The molecule has 2 fully saturated rings. The molecule has 5 rings (SSSR count). The van der Waals surface area contributed by atoms with E-state index < -0.39 is 0 Å². The van der Waals surface area contributed by atoms with Crippen molar-refractivity contribution in [1.82, 2.24) is 14.5 Å². The van der Waals surface area contributed by atoms with Gasteiger partial charge in [-0.15, -0.1) is 0 Å². The van der Waals surface area contributed by atoms with Crippen LogP contribution in [0.25, 0.3) is 11.0 Å². The lowest BCUT2D eigenvalue weighted by Crippen LogP contribution is -2.42. The lowest BCUT2D eigenvalue weighted by Gasteiger charge is -2.34. The molecule has 168 valence electrons. The minimum atomic E-state index is -0.284. The van der Waals surface area contributed by atoms with E-state index in [1.54, 1.807) is 4.90 Å². The Hall–Kier alpha value is -2.12. The number of amides is 1. The summed E-state index contributed by atoms with van der Waals surface area (Å²) in [4.78, 5) is 21.9. The van der Waals surface area contributed by atoms with Crippen LogP contribution in [0.5, 0.6) is 0 Å². The summed E-state index contributed by atoms with van der Waals surface area (Å²) in [6.07, 6.45) is 6.60. The van der Waals surface area contributed by atoms with Crippen molar-refractivity contribution in [3.63, 3.8) is 0 Å². The van der Waals surface area contributed by atoms with Crippen molar-refractivity contribution in [3.8, 4) is 0 Å². The largest absolute Gasteiger partial charge is 0.452 e. The SMILES string of the molecule is COC(=O)N1c2ccc3c(nc(CCC4CC4)n3CCN3CCOCC3)c2CC[C@@H]1C. The number of rotatable bonds is 6. The minimum absolute atomic E-state index is 0.134. The lowest BCUT2D eigenvalue weighted by atomic mass is 9.96. The Bertz CT molecular complexity index is 946. The zero-order valence-electron chi connectivity index (χ0n) is 18.8. The molecule has 7 nitrogen and oxygen atoms in total. The molecule has 1 aliphatic carbocycles. The average molecular weight is 427 g/mol. The third-order valence-corrected chi connectivity index (χ3v) is 7.18. The number of carbonyl (C=O) groups is 1. The maximum absolute atomic E-state index is 12.5. The number of methoxy groups -OCH3 is 1. The predicted molar refractivity (Wildman–Crippen MR) is 121 cm³/mol. The molecule has 0 N–H and O–H groups in total. The number of fused-ring (bicyclic) bond motifs is 3. The number of imidazole rings is 1. The van der Waals surface area contributed by atoms with Crippen LogP contribution in [-0.4, -0.2) is 66.5 Å². The van der Waals surface area contributed by atoms with Crippen molar-refractivity contribution < 1.29 is 14.3 Å². The first kappa shape index (κ1) is 20.8. The number of carbonyl (C=O) groups excluding carboxylic acids is 1. The predicted octanol–water partition coefficient (Wildman–Crippen LogP) is 3.62. The van der Waals surface area contributed by atoms with Gasteiger partial charge in [-0.05, 0) is 44.2 Å². The van der Waals surface area contributed by atoms with Gasteiger partial charge in [-0.3, -0.25) is 9.80 Å². The molecule has 2 aliphatic heterocycles. The van der Waals surface area contributed by atoms with Crippen LogP contribution in [0.4, 0.5) is 10.5 Å². The highest BCUT2D eigenvalue weighted by atomic mass is 16.5. The molecule has 1 saturated carbocycles. The summed E-state index contributed by atoms with van der Waals surface area (Å²) in [6, 6.07) is 4.40. The normalized spacial score (nSPS) is 22.0. The third-order valence-electron chi connectivity index (χ3n) is 7.18. The maximum Gasteiger partial charge on any atom is 0.414 e. The Labute approximate surface area is 184 Å². The summed E-state index contributed by atoms with van der Waals surface area (Å²) in [5.74, 6) is 2.09. The highest BCUT2D eigenvalue weighted by Gasteiger charge is 2.31. The molecule has 1 saturated heterocycles. The lowest BCUT2D eigenvalue weighted by molar-refractivity contribution is 0.0364. The molecular weight excluding hydrogens is 392 g/mol. The molecule has 0 unspecified atom stereocenters. The van der Waals surface area contributed by atoms with Crippen LogP contribution in [-0.2, 0) is 28.9 Å². The van der Waals surface area contributed by atoms with E-state index in [0.717, 1.165) is 75.8 Å². The summed E-state index contributed by atoms with van der Waals surface area (Å²) in [5, 5.41) is 0. The summed E-state index contributed by atoms with van der Waals surface area (Å²) in [5.41, 5.74) is 4.44. The van der Waals surface area contributed by atoms with Gasteiger partial charge in [0.05, 0.1) is 37.0 Å². The molecule has 1 amide bonds. The van der Waals surface area contributed by atoms with Gasteiger partial charge >= 0.3 is 6.09 Å². The van der Waals surface area contributed by atoms with Crippen LogP contribution in [0.15, 0.2) is 12.1 Å². The second-order valence-electron chi connectivity index (χ2n) is 9.27. The second-order valence-corrected chi connectivity index (χ2v) is 9.27. The topological polar surface area (TPSA) is 59.8 Å². The van der Waals surface area contributed by atoms with Crippen LogP contribution in [0, 0.1) is 5.92 Å². The van der Waals surface area contributed by atoms with Gasteiger partial charge in [0.15, 0.2) is 0 Å². The molecular formula is C24H34N4O3. The molecule has 1 aromatic heterocycles. The first-order valence-electron chi connectivity index (χ1n) is 11.8. The van der Waals surface area contributed by atoms with Crippen molar-refractivity contribution >= 4 is 22.8 Å². The summed E-state index contributed by atoms with van der Waals surface area (Å²) in [7, 11) is 1.46. The van der Waals surface area contributed by atoms with Gasteiger partial charge < -0.3 is 14.0 Å². The Morgan fingerprint density at radius 2 is 2.00 bits per heavy atom. The van der Waals surface area contributed by atoms with E-state index in [2.05, 4.69) is 28.5 Å². The van der Waals surface area contributed by atoms with Crippen LogP contribution in [0.3, 0.4) is 0 Å². The zero-order valence-corrected chi connectivity index (χ0v) is 18.8. The number of hydrogen-bond donors (Lipinski definition) is 0. The molecule has 3 aliphatic rings. The quantitative estimate of drug-likeness (QED) is 0.706. The summed E-state index contributed by atoms with van der Waals surface area (Å²) >= 11 is 0. The van der Waals surface area contributed by atoms with Crippen molar-refractivity contribution in [2.45, 2.75) is 58.0 Å². The fraction of sp³-hybridized carbons (Fsp3) is 0.667. The van der Waals surface area contributed by atoms with Crippen LogP contribution < -0.4 is 4.90 Å². The van der Waals surface area contributed by atoms with E-state index in [-0.39, 0.29) is 12.1 Å². The van der Waals surface area contributed by atoms with Crippen LogP contribution in [0.1, 0.15) is 44.0 Å². The van der Waals surface area contributed by atoms with Crippen LogP contribution in [0.2, 0.25) is 0 Å². The molecule has 7 heteroatoms. The molecule has 0 spiro atoms. The molecule has 0 radical (unpaired) electrons. The standard InChI is InChI=1S/C24H34N4O3/c1-17-3-7-19-20(28(17)24(29)30-2)8-9-21-23(19)25-22(10-6-18-4-5-18)27(21)12-11-26-13-15-31-16-14-26/h8-9,17-18H,3-7,10-16H2,1-2H3/t17-/m0/s1. The fourth-order valence-electron chi connectivity index (χ4n) is 5.10. The number of aryl methyl sites for hydroxylation is 2. The summed E-state index contributed by atoms with van der Waals surface area (Å²) in [6.45, 7) is 7.73. The van der Waals surface area contributed by atoms with Gasteiger partial charge in [-0.25, -0.2) is 9.78 Å². The number of aromatic nitrogens is 2. The van der Waals surface area contributed by atoms with Crippen molar-refractivity contribution in [2.75, 3.05) is 44.9 Å². The monoisotopic (exact) mass is 426 g/mol. The Balaban J connectivity index is 1.49. The molecule has 31 heavy (non-hydrogen) atoms. The van der Waals surface area contributed by atoms with E-state index in [9.17, 15) is 4.79 Å². The smallest absolute Gasteiger partial charge is 0.414 e. The third kappa shape index (κ3) is 4.17.